The van der Waals surface area contributed by atoms with E-state index < -0.39 is 0 Å². The summed E-state index contributed by atoms with van der Waals surface area (Å²) in [5.74, 6) is 0. The summed E-state index contributed by atoms with van der Waals surface area (Å²) >= 11 is 0. The van der Waals surface area contributed by atoms with Crippen molar-refractivity contribution in [1.29, 1.82) is 0 Å². The Bertz CT molecular complexity index is 733. The van der Waals surface area contributed by atoms with Gasteiger partial charge in [0.1, 0.15) is 0 Å². The quantitative estimate of drug-likeness (QED) is 0.681. The minimum absolute atomic E-state index is 0.950. The van der Waals surface area contributed by atoms with Crippen LogP contribution in [0.25, 0.3) is 22.4 Å². The van der Waals surface area contributed by atoms with Crippen LogP contribution in [0.4, 0.5) is 0 Å². The number of hydrogen-bond donors (Lipinski definition) is 0. The fourth-order valence-electron chi connectivity index (χ4n) is 2.36. The summed E-state index contributed by atoms with van der Waals surface area (Å²) in [5, 5.41) is 0. The lowest BCUT2D eigenvalue weighted by Crippen LogP contribution is -1.94. The number of aryl methyl sites for hydroxylation is 2. The molecule has 1 heterocycles. The van der Waals surface area contributed by atoms with Crippen LogP contribution in [0.5, 0.6) is 0 Å². The molecule has 0 aliphatic heterocycles. The maximum atomic E-state index is 4.52. The molecule has 1 aromatic heterocycles. The molecule has 0 spiro atoms. The summed E-state index contributed by atoms with van der Waals surface area (Å²) in [6, 6.07) is 18.8. The third-order valence-corrected chi connectivity index (χ3v) is 3.31. The van der Waals surface area contributed by atoms with Gasteiger partial charge in [0.15, 0.2) is 0 Å². The highest BCUT2D eigenvalue weighted by atomic mass is 14.8. The van der Waals surface area contributed by atoms with Crippen molar-refractivity contribution in [3.63, 3.8) is 0 Å². The lowest BCUT2D eigenvalue weighted by Gasteiger charge is -2.08. The van der Waals surface area contributed by atoms with Gasteiger partial charge < -0.3 is 0 Å². The van der Waals surface area contributed by atoms with E-state index in [1.165, 1.54) is 11.1 Å². The van der Waals surface area contributed by atoms with Crippen LogP contribution in [0.1, 0.15) is 11.4 Å². The highest BCUT2D eigenvalue weighted by Crippen LogP contribution is 2.26. The van der Waals surface area contributed by atoms with Crippen molar-refractivity contribution in [3.05, 3.63) is 72.2 Å². The molecule has 0 amide bonds. The molecule has 3 rings (SSSR count). The molecule has 0 atom stereocenters. The van der Waals surface area contributed by atoms with Gasteiger partial charge in [-0.25, -0.2) is 0 Å². The van der Waals surface area contributed by atoms with Gasteiger partial charge in [-0.15, -0.1) is 0 Å². The lowest BCUT2D eigenvalue weighted by molar-refractivity contribution is 1.06. The molecule has 2 aromatic carbocycles. The van der Waals surface area contributed by atoms with Gasteiger partial charge in [-0.1, -0.05) is 48.5 Å². The first-order valence-corrected chi connectivity index (χ1v) is 6.70. The Labute approximate surface area is 119 Å². The van der Waals surface area contributed by atoms with Crippen LogP contribution in [-0.2, 0) is 0 Å². The molecule has 2 nitrogen and oxygen atoms in total. The van der Waals surface area contributed by atoms with Crippen molar-refractivity contribution >= 4 is 0 Å². The minimum atomic E-state index is 0.950. The van der Waals surface area contributed by atoms with Crippen LogP contribution >= 0.6 is 0 Å². The predicted octanol–water partition coefficient (Wildman–Crippen LogP) is 4.43. The van der Waals surface area contributed by atoms with Gasteiger partial charge >= 0.3 is 0 Å². The molecular weight excluding hydrogens is 244 g/mol. The van der Waals surface area contributed by atoms with Crippen molar-refractivity contribution in [1.82, 2.24) is 9.97 Å². The Kier molecular flexibility index (Phi) is 3.30. The van der Waals surface area contributed by atoms with E-state index in [9.17, 15) is 0 Å². The van der Waals surface area contributed by atoms with Crippen LogP contribution in [0.15, 0.2) is 60.8 Å². The molecule has 0 aliphatic rings. The van der Waals surface area contributed by atoms with E-state index in [4.69, 9.17) is 0 Å². The van der Waals surface area contributed by atoms with Crippen molar-refractivity contribution in [3.8, 4) is 22.4 Å². The molecule has 0 aliphatic carbocycles. The van der Waals surface area contributed by atoms with E-state index in [2.05, 4.69) is 58.5 Å². The zero-order valence-electron chi connectivity index (χ0n) is 11.7. The molecule has 0 saturated carbocycles. The van der Waals surface area contributed by atoms with E-state index in [-0.39, 0.29) is 0 Å². The summed E-state index contributed by atoms with van der Waals surface area (Å²) in [5.41, 5.74) is 6.39. The predicted molar refractivity (Wildman–Crippen MR) is 82.4 cm³/mol. The molecule has 0 bridgehead atoms. The van der Waals surface area contributed by atoms with Crippen LogP contribution in [0, 0.1) is 13.8 Å². The zero-order chi connectivity index (χ0) is 13.9. The number of rotatable bonds is 2. The normalized spacial score (nSPS) is 10.5. The first kappa shape index (κ1) is 12.5. The molecular formula is C18H16N2. The Hall–Kier alpha value is -2.48. The van der Waals surface area contributed by atoms with E-state index >= 15 is 0 Å². The van der Waals surface area contributed by atoms with E-state index in [0.29, 0.717) is 0 Å². The lowest BCUT2D eigenvalue weighted by atomic mass is 10.0. The van der Waals surface area contributed by atoms with Crippen molar-refractivity contribution in [2.45, 2.75) is 13.8 Å². The van der Waals surface area contributed by atoms with Gasteiger partial charge in [0.2, 0.25) is 0 Å². The van der Waals surface area contributed by atoms with Gasteiger partial charge in [-0.3, -0.25) is 9.97 Å². The molecule has 0 saturated heterocycles. The molecule has 2 heteroatoms. The molecule has 0 fully saturated rings. The van der Waals surface area contributed by atoms with Crippen molar-refractivity contribution < 1.29 is 0 Å². The molecule has 0 radical (unpaired) electrons. The first-order chi connectivity index (χ1) is 9.74. The molecule has 0 N–H and O–H groups in total. The average molecular weight is 260 g/mol. The molecule has 3 aromatic rings. The van der Waals surface area contributed by atoms with Crippen molar-refractivity contribution in [2.24, 2.45) is 0 Å². The number of aromatic nitrogens is 2. The Morgan fingerprint density at radius 2 is 1.45 bits per heavy atom. The fraction of sp³-hybridized carbons (Fsp3) is 0.111. The topological polar surface area (TPSA) is 25.8 Å². The summed E-state index contributed by atoms with van der Waals surface area (Å²) < 4.78 is 0. The van der Waals surface area contributed by atoms with Crippen LogP contribution in [-0.4, -0.2) is 9.97 Å². The second-order valence-corrected chi connectivity index (χ2v) is 4.89. The van der Waals surface area contributed by atoms with Crippen LogP contribution < -0.4 is 0 Å². The number of hydrogen-bond acceptors (Lipinski definition) is 2. The van der Waals surface area contributed by atoms with Crippen molar-refractivity contribution in [2.75, 3.05) is 0 Å². The second-order valence-electron chi connectivity index (χ2n) is 4.89. The summed E-state index contributed by atoms with van der Waals surface area (Å²) in [6.07, 6.45) is 1.82. The monoisotopic (exact) mass is 260 g/mol. The van der Waals surface area contributed by atoms with E-state index in [1.807, 2.05) is 26.1 Å². The highest BCUT2D eigenvalue weighted by Gasteiger charge is 2.06. The molecule has 20 heavy (non-hydrogen) atoms. The maximum absolute atomic E-state index is 4.52. The Morgan fingerprint density at radius 1 is 0.750 bits per heavy atom. The van der Waals surface area contributed by atoms with Gasteiger partial charge in [0.25, 0.3) is 0 Å². The van der Waals surface area contributed by atoms with E-state index in [0.717, 1.165) is 22.6 Å². The SMILES string of the molecule is Cc1cnc(-c2cccc(-c3ccccc3)c2)c(C)n1. The summed E-state index contributed by atoms with van der Waals surface area (Å²) in [7, 11) is 0. The van der Waals surface area contributed by atoms with Crippen LogP contribution in [0.3, 0.4) is 0 Å². The zero-order valence-corrected chi connectivity index (χ0v) is 11.7. The number of benzene rings is 2. The third kappa shape index (κ3) is 2.45. The molecule has 0 unspecified atom stereocenters. The Morgan fingerprint density at radius 3 is 2.20 bits per heavy atom. The average Bonchev–Trinajstić information content (AvgIpc) is 2.48. The van der Waals surface area contributed by atoms with Gasteiger partial charge in [-0.2, -0.15) is 0 Å². The maximum Gasteiger partial charge on any atom is 0.0914 e. The van der Waals surface area contributed by atoms with Gasteiger partial charge in [0, 0.05) is 11.8 Å². The summed E-state index contributed by atoms with van der Waals surface area (Å²) in [4.78, 5) is 9.01. The van der Waals surface area contributed by atoms with Gasteiger partial charge in [0.05, 0.1) is 17.1 Å². The Balaban J connectivity index is 2.08. The number of nitrogens with zero attached hydrogens (tertiary/aromatic N) is 2. The molecule has 98 valence electrons. The smallest absolute Gasteiger partial charge is 0.0914 e. The third-order valence-electron chi connectivity index (χ3n) is 3.31. The summed E-state index contributed by atoms with van der Waals surface area (Å²) in [6.45, 7) is 3.97. The van der Waals surface area contributed by atoms with Crippen LogP contribution in [0.2, 0.25) is 0 Å². The largest absolute Gasteiger partial charge is 0.255 e. The standard InChI is InChI=1S/C18H16N2/c1-13-12-19-18(14(2)20-13)17-10-6-9-16(11-17)15-7-4-3-5-8-15/h3-12H,1-2H3. The highest BCUT2D eigenvalue weighted by molar-refractivity contribution is 5.72. The second kappa shape index (κ2) is 5.25. The van der Waals surface area contributed by atoms with Gasteiger partial charge in [-0.05, 0) is 31.0 Å². The van der Waals surface area contributed by atoms with E-state index in [1.54, 1.807) is 0 Å². The fourth-order valence-corrected chi connectivity index (χ4v) is 2.36. The first-order valence-electron chi connectivity index (χ1n) is 6.70. The minimum Gasteiger partial charge on any atom is -0.255 e.